The van der Waals surface area contributed by atoms with Crippen molar-refractivity contribution < 1.29 is 19.1 Å². The number of amides is 2. The highest BCUT2D eigenvalue weighted by atomic mass is 16.5. The van der Waals surface area contributed by atoms with Crippen LogP contribution in [-0.2, 0) is 4.79 Å². The van der Waals surface area contributed by atoms with Gasteiger partial charge >= 0.3 is 0 Å². The van der Waals surface area contributed by atoms with Gasteiger partial charge in [0.1, 0.15) is 11.5 Å². The van der Waals surface area contributed by atoms with Crippen molar-refractivity contribution in [2.24, 2.45) is 5.92 Å². The van der Waals surface area contributed by atoms with Gasteiger partial charge in [0.05, 0.1) is 24.6 Å². The van der Waals surface area contributed by atoms with E-state index in [9.17, 15) is 9.59 Å². The average molecular weight is 384 g/mol. The summed E-state index contributed by atoms with van der Waals surface area (Å²) in [5, 5.41) is 5.77. The number of benzene rings is 2. The van der Waals surface area contributed by atoms with E-state index in [4.69, 9.17) is 9.47 Å². The van der Waals surface area contributed by atoms with Crippen molar-refractivity contribution in [3.63, 3.8) is 0 Å². The van der Waals surface area contributed by atoms with Crippen LogP contribution in [0.2, 0.25) is 0 Å². The lowest BCUT2D eigenvalue weighted by Crippen LogP contribution is -2.20. The fourth-order valence-electron chi connectivity index (χ4n) is 2.53. The van der Waals surface area contributed by atoms with Crippen molar-refractivity contribution in [1.29, 1.82) is 0 Å². The molecule has 1 unspecified atom stereocenters. The van der Waals surface area contributed by atoms with Crippen LogP contribution in [0.5, 0.6) is 11.5 Å². The summed E-state index contributed by atoms with van der Waals surface area (Å²) in [6.45, 7) is 8.39. The minimum absolute atomic E-state index is 0.0908. The molecule has 0 fully saturated rings. The third kappa shape index (κ3) is 5.49. The molecule has 0 radical (unpaired) electrons. The first-order valence-electron chi connectivity index (χ1n) is 9.60. The van der Waals surface area contributed by atoms with E-state index in [2.05, 4.69) is 10.6 Å². The van der Waals surface area contributed by atoms with E-state index in [1.165, 1.54) is 0 Å². The first-order chi connectivity index (χ1) is 13.5. The highest BCUT2D eigenvalue weighted by Gasteiger charge is 2.18. The summed E-state index contributed by atoms with van der Waals surface area (Å²) in [6.07, 6.45) is 0.735. The summed E-state index contributed by atoms with van der Waals surface area (Å²) in [4.78, 5) is 24.9. The summed E-state index contributed by atoms with van der Waals surface area (Å²) in [7, 11) is 0. The molecule has 150 valence electrons. The van der Waals surface area contributed by atoms with Crippen LogP contribution >= 0.6 is 0 Å². The SMILES string of the molecule is CCOc1cc(NC(=O)C(C)CC)c(OCC)cc1NC(=O)c1ccccc1. The zero-order valence-electron chi connectivity index (χ0n) is 16.9. The minimum atomic E-state index is -0.250. The third-order valence-electron chi connectivity index (χ3n) is 4.28. The van der Waals surface area contributed by atoms with Gasteiger partial charge in [-0.2, -0.15) is 0 Å². The van der Waals surface area contributed by atoms with Crippen LogP contribution in [0.1, 0.15) is 44.5 Å². The number of carbonyl (C=O) groups is 2. The minimum Gasteiger partial charge on any atom is -0.492 e. The van der Waals surface area contributed by atoms with Gasteiger partial charge in [-0.1, -0.05) is 32.0 Å². The molecule has 0 saturated heterocycles. The summed E-state index contributed by atoms with van der Waals surface area (Å²) < 4.78 is 11.4. The molecule has 2 rings (SSSR count). The van der Waals surface area contributed by atoms with Gasteiger partial charge in [0, 0.05) is 23.6 Å². The molecule has 6 heteroatoms. The predicted molar refractivity (Wildman–Crippen MR) is 111 cm³/mol. The molecule has 6 nitrogen and oxygen atoms in total. The lowest BCUT2D eigenvalue weighted by molar-refractivity contribution is -0.119. The second kappa shape index (κ2) is 10.3. The summed E-state index contributed by atoms with van der Waals surface area (Å²) in [5.41, 5.74) is 1.55. The Bertz CT molecular complexity index is 806. The predicted octanol–water partition coefficient (Wildman–Crippen LogP) is 4.72. The molecule has 0 heterocycles. The van der Waals surface area contributed by atoms with E-state index in [0.29, 0.717) is 41.7 Å². The lowest BCUT2D eigenvalue weighted by Gasteiger charge is -2.19. The van der Waals surface area contributed by atoms with E-state index < -0.39 is 0 Å². The van der Waals surface area contributed by atoms with Gasteiger partial charge in [0.2, 0.25) is 5.91 Å². The normalized spacial score (nSPS) is 11.4. The first-order valence-corrected chi connectivity index (χ1v) is 9.60. The molecular formula is C22H28N2O4. The van der Waals surface area contributed by atoms with Gasteiger partial charge in [-0.3, -0.25) is 9.59 Å². The van der Waals surface area contributed by atoms with Gasteiger partial charge < -0.3 is 20.1 Å². The van der Waals surface area contributed by atoms with Crippen molar-refractivity contribution in [3.8, 4) is 11.5 Å². The molecule has 0 saturated carbocycles. The first kappa shape index (κ1) is 21.3. The van der Waals surface area contributed by atoms with Crippen LogP contribution in [-0.4, -0.2) is 25.0 Å². The third-order valence-corrected chi connectivity index (χ3v) is 4.28. The number of ether oxygens (including phenoxy) is 2. The molecule has 2 N–H and O–H groups in total. The number of anilines is 2. The van der Waals surface area contributed by atoms with Gasteiger partial charge in [-0.05, 0) is 32.4 Å². The Morgan fingerprint density at radius 2 is 1.43 bits per heavy atom. The largest absolute Gasteiger partial charge is 0.492 e. The van der Waals surface area contributed by atoms with Crippen LogP contribution in [0.4, 0.5) is 11.4 Å². The molecule has 28 heavy (non-hydrogen) atoms. The maximum absolute atomic E-state index is 12.6. The van der Waals surface area contributed by atoms with Crippen LogP contribution in [0.3, 0.4) is 0 Å². The van der Waals surface area contributed by atoms with Gasteiger partial charge in [-0.15, -0.1) is 0 Å². The van der Waals surface area contributed by atoms with E-state index in [1.807, 2.05) is 33.8 Å². The van der Waals surface area contributed by atoms with Crippen molar-refractivity contribution in [1.82, 2.24) is 0 Å². The molecule has 0 aliphatic heterocycles. The monoisotopic (exact) mass is 384 g/mol. The van der Waals surface area contributed by atoms with Crippen LogP contribution in [0, 0.1) is 5.92 Å². The Balaban J connectivity index is 2.37. The molecule has 0 aliphatic carbocycles. The number of rotatable bonds is 9. The van der Waals surface area contributed by atoms with Crippen LogP contribution < -0.4 is 20.1 Å². The molecule has 2 aromatic carbocycles. The highest BCUT2D eigenvalue weighted by Crippen LogP contribution is 2.37. The molecular weight excluding hydrogens is 356 g/mol. The van der Waals surface area contributed by atoms with Crippen LogP contribution in [0.25, 0.3) is 0 Å². The second-order valence-electron chi connectivity index (χ2n) is 6.33. The molecule has 0 spiro atoms. The van der Waals surface area contributed by atoms with Gasteiger partial charge in [0.25, 0.3) is 5.91 Å². The van der Waals surface area contributed by atoms with Crippen molar-refractivity contribution in [2.45, 2.75) is 34.1 Å². The second-order valence-corrected chi connectivity index (χ2v) is 6.33. The maximum atomic E-state index is 12.6. The molecule has 1 atom stereocenters. The Kier molecular flexibility index (Phi) is 7.87. The van der Waals surface area contributed by atoms with Crippen molar-refractivity contribution in [2.75, 3.05) is 23.8 Å². The number of carbonyl (C=O) groups excluding carboxylic acids is 2. The van der Waals surface area contributed by atoms with E-state index >= 15 is 0 Å². The topological polar surface area (TPSA) is 76.7 Å². The zero-order valence-corrected chi connectivity index (χ0v) is 16.9. The molecule has 2 aromatic rings. The number of hydrogen-bond acceptors (Lipinski definition) is 4. The average Bonchev–Trinajstić information content (AvgIpc) is 2.71. The fourth-order valence-corrected chi connectivity index (χ4v) is 2.53. The summed E-state index contributed by atoms with van der Waals surface area (Å²) in [6, 6.07) is 12.3. The Labute approximate surface area is 166 Å². The summed E-state index contributed by atoms with van der Waals surface area (Å²) >= 11 is 0. The summed E-state index contributed by atoms with van der Waals surface area (Å²) in [5.74, 6) is 0.482. The van der Waals surface area contributed by atoms with Crippen molar-refractivity contribution >= 4 is 23.2 Å². The van der Waals surface area contributed by atoms with E-state index in [-0.39, 0.29) is 17.7 Å². The Morgan fingerprint density at radius 1 is 0.893 bits per heavy atom. The van der Waals surface area contributed by atoms with Crippen molar-refractivity contribution in [3.05, 3.63) is 48.0 Å². The Morgan fingerprint density at radius 3 is 1.93 bits per heavy atom. The Hall–Kier alpha value is -3.02. The van der Waals surface area contributed by atoms with Crippen LogP contribution in [0.15, 0.2) is 42.5 Å². The molecule has 0 aromatic heterocycles. The van der Waals surface area contributed by atoms with Gasteiger partial charge in [-0.25, -0.2) is 0 Å². The molecule has 0 aliphatic rings. The maximum Gasteiger partial charge on any atom is 0.255 e. The molecule has 2 amide bonds. The standard InChI is InChI=1S/C22H28N2O4/c1-5-15(4)21(25)23-17-13-20(28-7-3)18(14-19(17)27-6-2)24-22(26)16-11-9-8-10-12-16/h8-15H,5-7H2,1-4H3,(H,23,25)(H,24,26). The van der Waals surface area contributed by atoms with Gasteiger partial charge in [0.15, 0.2) is 0 Å². The lowest BCUT2D eigenvalue weighted by atomic mass is 10.1. The fraction of sp³-hybridized carbons (Fsp3) is 0.364. The number of hydrogen-bond donors (Lipinski definition) is 2. The highest BCUT2D eigenvalue weighted by molar-refractivity contribution is 6.05. The van der Waals surface area contributed by atoms with E-state index in [0.717, 1.165) is 6.42 Å². The van der Waals surface area contributed by atoms with E-state index in [1.54, 1.807) is 36.4 Å². The zero-order chi connectivity index (χ0) is 20.5. The quantitative estimate of drug-likeness (QED) is 0.656. The molecule has 0 bridgehead atoms. The number of nitrogens with one attached hydrogen (secondary N) is 2. The smallest absolute Gasteiger partial charge is 0.255 e.